The Hall–Kier alpha value is -4.17. The molecule has 0 aliphatic heterocycles. The largest absolute Gasteiger partial charge is 0.346 e. The van der Waals surface area contributed by atoms with Gasteiger partial charge in [-0.05, 0) is 34.9 Å². The number of pyridine rings is 1. The van der Waals surface area contributed by atoms with Crippen molar-refractivity contribution in [1.29, 1.82) is 5.26 Å². The van der Waals surface area contributed by atoms with E-state index < -0.39 is 0 Å². The number of rotatable bonds is 4. The van der Waals surface area contributed by atoms with E-state index in [0.717, 1.165) is 38.9 Å². The molecule has 0 aliphatic carbocycles. The van der Waals surface area contributed by atoms with Crippen molar-refractivity contribution < 1.29 is 4.79 Å². The van der Waals surface area contributed by atoms with Gasteiger partial charge in [0.05, 0.1) is 0 Å². The summed E-state index contributed by atoms with van der Waals surface area (Å²) in [5, 5.41) is 10.4. The Bertz CT molecular complexity index is 1290. The minimum Gasteiger partial charge on any atom is -0.346 e. The zero-order valence-electron chi connectivity index (χ0n) is 16.8. The van der Waals surface area contributed by atoms with Crippen LogP contribution in [-0.4, -0.2) is 34.9 Å². The minimum atomic E-state index is -0.314. The van der Waals surface area contributed by atoms with Gasteiger partial charge in [0, 0.05) is 43.0 Å². The molecule has 1 amide bonds. The lowest BCUT2D eigenvalue weighted by Crippen LogP contribution is -2.22. The van der Waals surface area contributed by atoms with Crippen LogP contribution in [-0.2, 0) is 4.79 Å². The van der Waals surface area contributed by atoms with Crippen molar-refractivity contribution in [2.24, 2.45) is 0 Å². The molecule has 0 spiro atoms. The summed E-state index contributed by atoms with van der Waals surface area (Å²) in [6.07, 6.45) is 5.41. The molecule has 5 nitrogen and oxygen atoms in total. The molecule has 4 rings (SSSR count). The summed E-state index contributed by atoms with van der Waals surface area (Å²) in [6, 6.07) is 22.0. The molecule has 2 heterocycles. The van der Waals surface area contributed by atoms with Crippen molar-refractivity contribution in [3.8, 4) is 28.3 Å². The van der Waals surface area contributed by atoms with E-state index >= 15 is 0 Å². The van der Waals surface area contributed by atoms with Gasteiger partial charge in [-0.25, -0.2) is 4.98 Å². The third kappa shape index (κ3) is 3.71. The molecule has 30 heavy (non-hydrogen) atoms. The number of likely N-dealkylation sites (N-methyl/N-ethyl adjacent to an activating group) is 1. The zero-order valence-corrected chi connectivity index (χ0v) is 16.8. The third-order valence-electron chi connectivity index (χ3n) is 4.90. The van der Waals surface area contributed by atoms with Crippen LogP contribution in [0.2, 0.25) is 0 Å². The lowest BCUT2D eigenvalue weighted by atomic mass is 10.0. The molecule has 4 aromatic rings. The van der Waals surface area contributed by atoms with E-state index in [2.05, 4.69) is 28.2 Å². The summed E-state index contributed by atoms with van der Waals surface area (Å²) in [4.78, 5) is 21.4. The molecular weight excluding hydrogens is 372 g/mol. The normalized spacial score (nSPS) is 11.3. The molecule has 1 N–H and O–H groups in total. The van der Waals surface area contributed by atoms with Crippen molar-refractivity contribution in [1.82, 2.24) is 14.9 Å². The lowest BCUT2D eigenvalue weighted by Gasteiger charge is -2.09. The molecule has 0 radical (unpaired) electrons. The predicted octanol–water partition coefficient (Wildman–Crippen LogP) is 4.89. The van der Waals surface area contributed by atoms with Crippen LogP contribution in [0.1, 0.15) is 5.56 Å². The second-order valence-corrected chi connectivity index (χ2v) is 7.18. The maximum Gasteiger partial charge on any atom is 0.264 e. The van der Waals surface area contributed by atoms with E-state index in [0.29, 0.717) is 0 Å². The van der Waals surface area contributed by atoms with Crippen molar-refractivity contribution in [2.75, 3.05) is 14.1 Å². The average molecular weight is 392 g/mol. The molecule has 0 fully saturated rings. The topological polar surface area (TPSA) is 72.8 Å². The molecule has 2 aromatic carbocycles. The van der Waals surface area contributed by atoms with E-state index in [4.69, 9.17) is 0 Å². The number of carbonyl (C=O) groups is 1. The highest BCUT2D eigenvalue weighted by atomic mass is 16.2. The number of nitrogens with one attached hydrogen (secondary N) is 1. The first kappa shape index (κ1) is 19.2. The molecule has 0 bridgehead atoms. The van der Waals surface area contributed by atoms with E-state index in [-0.39, 0.29) is 11.5 Å². The van der Waals surface area contributed by atoms with Crippen LogP contribution in [0.15, 0.2) is 78.6 Å². The van der Waals surface area contributed by atoms with Crippen molar-refractivity contribution in [3.63, 3.8) is 0 Å². The standard InChI is InChI=1S/C25H20N4O/c1-29(2)25(30)20(14-26)12-17-7-6-10-19(11-17)21-13-22-23(16-28-24(22)27-15-21)18-8-4-3-5-9-18/h3-13,15-16H,1-2H3,(H,27,28). The number of fused-ring (bicyclic) bond motifs is 1. The maximum atomic E-state index is 12.1. The molecule has 0 saturated heterocycles. The molecule has 0 aliphatic rings. The molecule has 0 atom stereocenters. The van der Waals surface area contributed by atoms with E-state index in [9.17, 15) is 10.1 Å². The zero-order chi connectivity index (χ0) is 21.1. The summed E-state index contributed by atoms with van der Waals surface area (Å²) in [6.45, 7) is 0. The number of nitrogens with zero attached hydrogens (tertiary/aromatic N) is 3. The highest BCUT2D eigenvalue weighted by Gasteiger charge is 2.12. The average Bonchev–Trinajstić information content (AvgIpc) is 3.21. The van der Waals surface area contributed by atoms with Crippen LogP contribution < -0.4 is 0 Å². The van der Waals surface area contributed by atoms with Gasteiger partial charge < -0.3 is 9.88 Å². The van der Waals surface area contributed by atoms with E-state index in [1.165, 1.54) is 4.90 Å². The van der Waals surface area contributed by atoms with E-state index in [1.807, 2.05) is 60.9 Å². The number of hydrogen-bond donors (Lipinski definition) is 1. The Labute approximate surface area is 174 Å². The van der Waals surface area contributed by atoms with Gasteiger partial charge >= 0.3 is 0 Å². The summed E-state index contributed by atoms with van der Waals surface area (Å²) >= 11 is 0. The van der Waals surface area contributed by atoms with Crippen LogP contribution in [0.25, 0.3) is 39.4 Å². The first-order valence-corrected chi connectivity index (χ1v) is 9.53. The highest BCUT2D eigenvalue weighted by molar-refractivity contribution is 6.01. The van der Waals surface area contributed by atoms with Gasteiger partial charge in [0.1, 0.15) is 17.3 Å². The Balaban J connectivity index is 1.76. The summed E-state index contributed by atoms with van der Waals surface area (Å²) in [5.74, 6) is -0.314. The second kappa shape index (κ2) is 8.06. The number of benzene rings is 2. The quantitative estimate of drug-likeness (QED) is 0.397. The maximum absolute atomic E-state index is 12.1. The Morgan fingerprint density at radius 2 is 1.80 bits per heavy atom. The number of amides is 1. The number of nitriles is 1. The molecule has 5 heteroatoms. The number of carbonyl (C=O) groups excluding carboxylic acids is 1. The van der Waals surface area contributed by atoms with Gasteiger partial charge in [-0.2, -0.15) is 5.26 Å². The number of aromatic amines is 1. The second-order valence-electron chi connectivity index (χ2n) is 7.18. The number of aromatic nitrogens is 2. The van der Waals surface area contributed by atoms with E-state index in [1.54, 1.807) is 20.2 Å². The van der Waals surface area contributed by atoms with Crippen molar-refractivity contribution >= 4 is 23.0 Å². The monoisotopic (exact) mass is 392 g/mol. The van der Waals surface area contributed by atoms with Gasteiger partial charge in [-0.1, -0.05) is 48.5 Å². The summed E-state index contributed by atoms with van der Waals surface area (Å²) < 4.78 is 0. The van der Waals surface area contributed by atoms with Gasteiger partial charge in [-0.3, -0.25) is 4.79 Å². The van der Waals surface area contributed by atoms with Gasteiger partial charge in [0.25, 0.3) is 5.91 Å². The van der Waals surface area contributed by atoms with Crippen LogP contribution in [0.5, 0.6) is 0 Å². The Morgan fingerprint density at radius 3 is 2.53 bits per heavy atom. The molecule has 0 saturated carbocycles. The van der Waals surface area contributed by atoms with Gasteiger partial charge in [0.15, 0.2) is 0 Å². The number of H-pyrrole nitrogens is 1. The minimum absolute atomic E-state index is 0.0997. The molecular formula is C25H20N4O. The molecule has 0 unspecified atom stereocenters. The van der Waals surface area contributed by atoms with Gasteiger partial charge in [0.2, 0.25) is 0 Å². The summed E-state index contributed by atoms with van der Waals surface area (Å²) in [5.41, 5.74) is 5.87. The first-order valence-electron chi connectivity index (χ1n) is 9.53. The Kier molecular flexibility index (Phi) is 5.15. The first-order chi connectivity index (χ1) is 14.6. The van der Waals surface area contributed by atoms with Crippen molar-refractivity contribution in [2.45, 2.75) is 0 Å². The van der Waals surface area contributed by atoms with Crippen LogP contribution in [0, 0.1) is 11.3 Å². The van der Waals surface area contributed by atoms with Gasteiger partial charge in [-0.15, -0.1) is 0 Å². The Morgan fingerprint density at radius 1 is 1.03 bits per heavy atom. The SMILES string of the molecule is CN(C)C(=O)C(C#N)=Cc1cccc(-c2cnc3[nH]cc(-c4ccccc4)c3c2)c1. The predicted molar refractivity (Wildman–Crippen MR) is 119 cm³/mol. The summed E-state index contributed by atoms with van der Waals surface area (Å²) in [7, 11) is 3.26. The van der Waals surface area contributed by atoms with Crippen molar-refractivity contribution in [3.05, 3.63) is 84.2 Å². The fourth-order valence-electron chi connectivity index (χ4n) is 3.38. The molecule has 2 aromatic heterocycles. The molecule has 146 valence electrons. The lowest BCUT2D eigenvalue weighted by molar-refractivity contribution is -0.124. The third-order valence-corrected chi connectivity index (χ3v) is 4.90. The fourth-order valence-corrected chi connectivity index (χ4v) is 3.38. The van der Waals surface area contributed by atoms with Crippen LogP contribution >= 0.6 is 0 Å². The number of hydrogen-bond acceptors (Lipinski definition) is 3. The highest BCUT2D eigenvalue weighted by Crippen LogP contribution is 2.31. The van der Waals surface area contributed by atoms with Crippen LogP contribution in [0.4, 0.5) is 0 Å². The van der Waals surface area contributed by atoms with Crippen LogP contribution in [0.3, 0.4) is 0 Å². The smallest absolute Gasteiger partial charge is 0.264 e. The fraction of sp³-hybridized carbons (Fsp3) is 0.0800.